The van der Waals surface area contributed by atoms with Gasteiger partial charge in [-0.15, -0.1) is 0 Å². The van der Waals surface area contributed by atoms with E-state index in [1.807, 2.05) is 18.3 Å². The van der Waals surface area contributed by atoms with E-state index in [4.69, 9.17) is 4.74 Å². The Hall–Kier alpha value is -1.87. The molecule has 0 saturated carbocycles. The zero-order chi connectivity index (χ0) is 14.7. The van der Waals surface area contributed by atoms with Gasteiger partial charge in [-0.1, -0.05) is 18.2 Å². The minimum Gasteiger partial charge on any atom is -0.496 e. The minimum absolute atomic E-state index is 0.281. The standard InChI is InChI=1S/C18H22N2O/c1-13(17-7-3-4-11-19-17)20-15-9-10-16-14(12-15)6-5-8-18(16)21-2/h3-8,11,13,15,20H,9-10,12H2,1-2H3/t13-,15+/m0/s1. The van der Waals surface area contributed by atoms with Crippen LogP contribution in [0.2, 0.25) is 0 Å². The molecule has 1 heterocycles. The molecule has 0 amide bonds. The number of fused-ring (bicyclic) bond motifs is 1. The van der Waals surface area contributed by atoms with Gasteiger partial charge in [0.1, 0.15) is 5.75 Å². The molecule has 0 aliphatic heterocycles. The van der Waals surface area contributed by atoms with Crippen molar-refractivity contribution in [2.24, 2.45) is 0 Å². The van der Waals surface area contributed by atoms with E-state index in [1.54, 1.807) is 7.11 Å². The monoisotopic (exact) mass is 282 g/mol. The lowest BCUT2D eigenvalue weighted by molar-refractivity contribution is 0.385. The van der Waals surface area contributed by atoms with Gasteiger partial charge >= 0.3 is 0 Å². The second kappa shape index (κ2) is 6.27. The van der Waals surface area contributed by atoms with Crippen LogP contribution in [0.4, 0.5) is 0 Å². The van der Waals surface area contributed by atoms with E-state index in [2.05, 4.69) is 41.5 Å². The van der Waals surface area contributed by atoms with Crippen LogP contribution in [0.1, 0.15) is 36.2 Å². The first kappa shape index (κ1) is 14.1. The third-order valence-electron chi connectivity index (χ3n) is 4.28. The fraction of sp³-hybridized carbons (Fsp3) is 0.389. The first-order valence-electron chi connectivity index (χ1n) is 7.59. The van der Waals surface area contributed by atoms with Crippen molar-refractivity contribution < 1.29 is 4.74 Å². The van der Waals surface area contributed by atoms with E-state index in [9.17, 15) is 0 Å². The highest BCUT2D eigenvalue weighted by Gasteiger charge is 2.22. The zero-order valence-electron chi connectivity index (χ0n) is 12.7. The number of aromatic nitrogens is 1. The maximum Gasteiger partial charge on any atom is 0.122 e. The molecule has 1 aromatic carbocycles. The lowest BCUT2D eigenvalue weighted by Gasteiger charge is -2.29. The van der Waals surface area contributed by atoms with Gasteiger partial charge in [0.05, 0.1) is 12.8 Å². The number of nitrogens with zero attached hydrogens (tertiary/aromatic N) is 1. The van der Waals surface area contributed by atoms with Crippen molar-refractivity contribution >= 4 is 0 Å². The van der Waals surface area contributed by atoms with Crippen molar-refractivity contribution in [3.05, 3.63) is 59.4 Å². The van der Waals surface area contributed by atoms with E-state index in [1.165, 1.54) is 11.1 Å². The highest BCUT2D eigenvalue weighted by Crippen LogP contribution is 2.30. The SMILES string of the molecule is COc1cccc2c1CC[C@@H](N[C@@H](C)c1ccccn1)C2. The van der Waals surface area contributed by atoms with E-state index < -0.39 is 0 Å². The van der Waals surface area contributed by atoms with Crippen LogP contribution in [-0.4, -0.2) is 18.1 Å². The highest BCUT2D eigenvalue weighted by atomic mass is 16.5. The topological polar surface area (TPSA) is 34.1 Å². The molecule has 1 aromatic heterocycles. The Morgan fingerprint density at radius 1 is 1.24 bits per heavy atom. The normalized spacial score (nSPS) is 18.9. The molecule has 0 bridgehead atoms. The third-order valence-corrected chi connectivity index (χ3v) is 4.28. The summed E-state index contributed by atoms with van der Waals surface area (Å²) in [7, 11) is 1.75. The van der Waals surface area contributed by atoms with Crippen LogP contribution in [-0.2, 0) is 12.8 Å². The molecule has 110 valence electrons. The molecule has 0 spiro atoms. The van der Waals surface area contributed by atoms with Crippen molar-refractivity contribution in [3.63, 3.8) is 0 Å². The van der Waals surface area contributed by atoms with Crippen LogP contribution in [0, 0.1) is 0 Å². The summed E-state index contributed by atoms with van der Waals surface area (Å²) < 4.78 is 5.47. The Balaban J connectivity index is 1.69. The second-order valence-corrected chi connectivity index (χ2v) is 5.68. The first-order valence-corrected chi connectivity index (χ1v) is 7.59. The van der Waals surface area contributed by atoms with Crippen molar-refractivity contribution in [1.29, 1.82) is 0 Å². The lowest BCUT2D eigenvalue weighted by atomic mass is 9.87. The first-order chi connectivity index (χ1) is 10.3. The van der Waals surface area contributed by atoms with Crippen LogP contribution < -0.4 is 10.1 Å². The van der Waals surface area contributed by atoms with Gasteiger partial charge in [0.2, 0.25) is 0 Å². The van der Waals surface area contributed by atoms with Gasteiger partial charge in [0, 0.05) is 18.3 Å². The Morgan fingerprint density at radius 3 is 2.90 bits per heavy atom. The Labute approximate surface area is 126 Å². The smallest absolute Gasteiger partial charge is 0.122 e. The van der Waals surface area contributed by atoms with Crippen LogP contribution >= 0.6 is 0 Å². The number of rotatable bonds is 4. The highest BCUT2D eigenvalue weighted by molar-refractivity contribution is 5.42. The van der Waals surface area contributed by atoms with Crippen molar-refractivity contribution in [3.8, 4) is 5.75 Å². The number of hydrogen-bond acceptors (Lipinski definition) is 3. The largest absolute Gasteiger partial charge is 0.496 e. The number of nitrogens with one attached hydrogen (secondary N) is 1. The van der Waals surface area contributed by atoms with Crippen molar-refractivity contribution in [1.82, 2.24) is 10.3 Å². The molecule has 1 N–H and O–H groups in total. The molecule has 3 heteroatoms. The molecular formula is C18H22N2O. The molecule has 0 saturated heterocycles. The van der Waals surface area contributed by atoms with Gasteiger partial charge in [-0.2, -0.15) is 0 Å². The maximum absolute atomic E-state index is 5.47. The van der Waals surface area contributed by atoms with E-state index in [0.29, 0.717) is 6.04 Å². The average molecular weight is 282 g/mol. The predicted octanol–water partition coefficient (Wildman–Crippen LogP) is 3.30. The van der Waals surface area contributed by atoms with Crippen molar-refractivity contribution in [2.45, 2.75) is 38.3 Å². The Kier molecular flexibility index (Phi) is 4.20. The van der Waals surface area contributed by atoms with Crippen LogP contribution in [0.15, 0.2) is 42.6 Å². The molecule has 3 nitrogen and oxygen atoms in total. The minimum atomic E-state index is 0.281. The summed E-state index contributed by atoms with van der Waals surface area (Å²) >= 11 is 0. The van der Waals surface area contributed by atoms with E-state index in [0.717, 1.165) is 30.7 Å². The predicted molar refractivity (Wildman–Crippen MR) is 84.6 cm³/mol. The fourth-order valence-corrected chi connectivity index (χ4v) is 3.18. The van der Waals surface area contributed by atoms with Gasteiger partial charge in [-0.05, 0) is 55.5 Å². The van der Waals surface area contributed by atoms with Crippen LogP contribution in [0.3, 0.4) is 0 Å². The summed E-state index contributed by atoms with van der Waals surface area (Å²) in [6.45, 7) is 2.18. The number of ether oxygens (including phenoxy) is 1. The Bertz CT molecular complexity index is 597. The molecule has 21 heavy (non-hydrogen) atoms. The number of hydrogen-bond donors (Lipinski definition) is 1. The molecule has 1 aliphatic carbocycles. The average Bonchev–Trinajstić information content (AvgIpc) is 2.54. The van der Waals surface area contributed by atoms with Gasteiger partial charge in [0.25, 0.3) is 0 Å². The number of methoxy groups -OCH3 is 1. The third kappa shape index (κ3) is 3.08. The number of benzene rings is 1. The van der Waals surface area contributed by atoms with E-state index in [-0.39, 0.29) is 6.04 Å². The van der Waals surface area contributed by atoms with Gasteiger partial charge < -0.3 is 10.1 Å². The molecule has 1 aliphatic rings. The van der Waals surface area contributed by atoms with Crippen molar-refractivity contribution in [2.75, 3.05) is 7.11 Å². The van der Waals surface area contributed by atoms with Gasteiger partial charge in [-0.3, -0.25) is 4.98 Å². The maximum atomic E-state index is 5.47. The zero-order valence-corrected chi connectivity index (χ0v) is 12.7. The summed E-state index contributed by atoms with van der Waals surface area (Å²) in [5.74, 6) is 1.03. The summed E-state index contributed by atoms with van der Waals surface area (Å²) in [5.41, 5.74) is 3.89. The molecule has 2 atom stereocenters. The summed E-state index contributed by atoms with van der Waals surface area (Å²) in [6, 6.07) is 13.2. The second-order valence-electron chi connectivity index (χ2n) is 5.68. The fourth-order valence-electron chi connectivity index (χ4n) is 3.18. The molecule has 0 fully saturated rings. The lowest BCUT2D eigenvalue weighted by Crippen LogP contribution is -2.36. The summed E-state index contributed by atoms with van der Waals surface area (Å²) in [4.78, 5) is 4.43. The molecular weight excluding hydrogens is 260 g/mol. The molecule has 2 aromatic rings. The molecule has 3 rings (SSSR count). The van der Waals surface area contributed by atoms with Crippen LogP contribution in [0.25, 0.3) is 0 Å². The van der Waals surface area contributed by atoms with Crippen LogP contribution in [0.5, 0.6) is 5.75 Å². The Morgan fingerprint density at radius 2 is 2.14 bits per heavy atom. The van der Waals surface area contributed by atoms with Gasteiger partial charge in [-0.25, -0.2) is 0 Å². The molecule has 0 unspecified atom stereocenters. The summed E-state index contributed by atoms with van der Waals surface area (Å²) in [5, 5.41) is 3.71. The van der Waals surface area contributed by atoms with Gasteiger partial charge in [0.15, 0.2) is 0 Å². The van der Waals surface area contributed by atoms with E-state index >= 15 is 0 Å². The molecule has 0 radical (unpaired) electrons. The quantitative estimate of drug-likeness (QED) is 0.934. The number of pyridine rings is 1. The summed E-state index contributed by atoms with van der Waals surface area (Å²) in [6.07, 6.45) is 5.13.